The van der Waals surface area contributed by atoms with Crippen LogP contribution < -0.4 is 5.32 Å². The number of hydrogen-bond donors (Lipinski definition) is 2. The normalized spacial score (nSPS) is 21.6. The van der Waals surface area contributed by atoms with Crippen molar-refractivity contribution in [2.45, 2.75) is 31.4 Å². The third kappa shape index (κ3) is 2.83. The van der Waals surface area contributed by atoms with E-state index in [2.05, 4.69) is 10.3 Å². The fourth-order valence-corrected chi connectivity index (χ4v) is 2.87. The van der Waals surface area contributed by atoms with E-state index in [-0.39, 0.29) is 17.7 Å². The van der Waals surface area contributed by atoms with Crippen LogP contribution in [0, 0.1) is 0 Å². The molecule has 5 heteroatoms. The summed E-state index contributed by atoms with van der Waals surface area (Å²) >= 11 is 0. The number of aromatic carboxylic acids is 1. The Labute approximate surface area is 123 Å². The molecule has 0 amide bonds. The lowest BCUT2D eigenvalue weighted by atomic mass is 10.1. The van der Waals surface area contributed by atoms with E-state index in [0.717, 1.165) is 30.2 Å². The monoisotopic (exact) mass is 286 g/mol. The zero-order valence-electron chi connectivity index (χ0n) is 11.9. The van der Waals surface area contributed by atoms with E-state index in [4.69, 9.17) is 4.74 Å². The van der Waals surface area contributed by atoms with Crippen molar-refractivity contribution in [3.63, 3.8) is 0 Å². The highest BCUT2D eigenvalue weighted by Crippen LogP contribution is 2.27. The second kappa shape index (κ2) is 5.69. The number of rotatable bonds is 4. The van der Waals surface area contributed by atoms with E-state index in [1.165, 1.54) is 0 Å². The Morgan fingerprint density at radius 3 is 2.90 bits per heavy atom. The van der Waals surface area contributed by atoms with Crippen molar-refractivity contribution in [2.75, 3.05) is 12.4 Å². The molecule has 1 aliphatic carbocycles. The number of methoxy groups -OCH3 is 1. The minimum Gasteiger partial charge on any atom is -0.478 e. The van der Waals surface area contributed by atoms with Crippen molar-refractivity contribution in [3.05, 3.63) is 35.9 Å². The van der Waals surface area contributed by atoms with E-state index in [0.29, 0.717) is 5.82 Å². The van der Waals surface area contributed by atoms with Gasteiger partial charge in [-0.1, -0.05) is 18.2 Å². The lowest BCUT2D eigenvalue weighted by Gasteiger charge is -2.16. The zero-order valence-corrected chi connectivity index (χ0v) is 11.9. The number of carboxylic acids is 1. The molecule has 1 fully saturated rings. The summed E-state index contributed by atoms with van der Waals surface area (Å²) in [6.45, 7) is 0. The van der Waals surface area contributed by atoms with Crippen LogP contribution in [0.15, 0.2) is 30.3 Å². The van der Waals surface area contributed by atoms with Crippen molar-refractivity contribution in [2.24, 2.45) is 0 Å². The van der Waals surface area contributed by atoms with Crippen LogP contribution in [0.2, 0.25) is 0 Å². The number of ether oxygens (including phenoxy) is 1. The summed E-state index contributed by atoms with van der Waals surface area (Å²) in [7, 11) is 1.71. The van der Waals surface area contributed by atoms with Crippen molar-refractivity contribution in [3.8, 4) is 0 Å². The predicted molar refractivity (Wildman–Crippen MR) is 80.8 cm³/mol. The van der Waals surface area contributed by atoms with Gasteiger partial charge in [0.2, 0.25) is 0 Å². The van der Waals surface area contributed by atoms with Crippen LogP contribution in [0.1, 0.15) is 29.6 Å². The maximum atomic E-state index is 11.5. The summed E-state index contributed by atoms with van der Waals surface area (Å²) < 4.78 is 5.35. The molecule has 0 unspecified atom stereocenters. The van der Waals surface area contributed by atoms with Gasteiger partial charge in [0.05, 0.1) is 11.6 Å². The molecule has 1 aromatic carbocycles. The van der Waals surface area contributed by atoms with Crippen molar-refractivity contribution in [1.82, 2.24) is 4.98 Å². The predicted octanol–water partition coefficient (Wildman–Crippen LogP) is 2.91. The SMILES string of the molecule is CO[C@H]1CC[C@H](Nc2nc3ccccc3cc2C(=O)O)C1. The van der Waals surface area contributed by atoms with Crippen LogP contribution in [0.25, 0.3) is 10.9 Å². The van der Waals surface area contributed by atoms with E-state index < -0.39 is 5.97 Å². The molecule has 0 aliphatic heterocycles. The van der Waals surface area contributed by atoms with Crippen molar-refractivity contribution >= 4 is 22.7 Å². The van der Waals surface area contributed by atoms with Gasteiger partial charge in [-0.3, -0.25) is 0 Å². The fourth-order valence-electron chi connectivity index (χ4n) is 2.87. The minimum absolute atomic E-state index is 0.210. The Morgan fingerprint density at radius 1 is 1.38 bits per heavy atom. The molecule has 1 aliphatic rings. The van der Waals surface area contributed by atoms with E-state index in [1.54, 1.807) is 13.2 Å². The van der Waals surface area contributed by atoms with Gasteiger partial charge in [0, 0.05) is 18.5 Å². The smallest absolute Gasteiger partial charge is 0.339 e. The van der Waals surface area contributed by atoms with Crippen LogP contribution in [0.4, 0.5) is 5.82 Å². The summed E-state index contributed by atoms with van der Waals surface area (Å²) in [6, 6.07) is 9.42. The molecule has 0 spiro atoms. The van der Waals surface area contributed by atoms with Gasteiger partial charge in [-0.05, 0) is 31.4 Å². The summed E-state index contributed by atoms with van der Waals surface area (Å²) in [5.41, 5.74) is 1.01. The maximum Gasteiger partial charge on any atom is 0.339 e. The molecule has 5 nitrogen and oxygen atoms in total. The van der Waals surface area contributed by atoms with Gasteiger partial charge in [0.25, 0.3) is 0 Å². The Hall–Kier alpha value is -2.14. The standard InChI is InChI=1S/C16H18N2O3/c1-21-12-7-6-11(9-12)17-15-13(16(19)20)8-10-4-2-3-5-14(10)18-15/h2-5,8,11-12H,6-7,9H2,1H3,(H,17,18)(H,19,20)/t11-,12-/m0/s1. The summed E-state index contributed by atoms with van der Waals surface area (Å²) in [5.74, 6) is -0.514. The average molecular weight is 286 g/mol. The van der Waals surface area contributed by atoms with Crippen LogP contribution in [0.5, 0.6) is 0 Å². The molecule has 2 atom stereocenters. The third-order valence-corrected chi connectivity index (χ3v) is 4.01. The molecule has 1 heterocycles. The second-order valence-corrected chi connectivity index (χ2v) is 5.39. The number of fused-ring (bicyclic) bond motifs is 1. The van der Waals surface area contributed by atoms with Crippen LogP contribution in [0.3, 0.4) is 0 Å². The highest BCUT2D eigenvalue weighted by atomic mass is 16.5. The molecule has 0 bridgehead atoms. The molecule has 110 valence electrons. The molecule has 2 N–H and O–H groups in total. The summed E-state index contributed by atoms with van der Waals surface area (Å²) in [4.78, 5) is 15.9. The number of hydrogen-bond acceptors (Lipinski definition) is 4. The number of para-hydroxylation sites is 1. The molecular formula is C16H18N2O3. The number of carboxylic acid groups (broad SMARTS) is 1. The first-order valence-electron chi connectivity index (χ1n) is 7.10. The number of nitrogens with one attached hydrogen (secondary N) is 1. The fraction of sp³-hybridized carbons (Fsp3) is 0.375. The van der Waals surface area contributed by atoms with Crippen LogP contribution in [-0.4, -0.2) is 35.3 Å². The molecule has 0 saturated heterocycles. The van der Waals surface area contributed by atoms with E-state index in [9.17, 15) is 9.90 Å². The number of benzene rings is 1. The quantitative estimate of drug-likeness (QED) is 0.904. The third-order valence-electron chi connectivity index (χ3n) is 4.01. The molecule has 21 heavy (non-hydrogen) atoms. The van der Waals surface area contributed by atoms with Gasteiger partial charge < -0.3 is 15.2 Å². The number of aromatic nitrogens is 1. The van der Waals surface area contributed by atoms with Gasteiger partial charge in [-0.2, -0.15) is 0 Å². The summed E-state index contributed by atoms with van der Waals surface area (Å²) in [5, 5.41) is 13.5. The topological polar surface area (TPSA) is 71.5 Å². The Bertz CT molecular complexity index is 672. The van der Waals surface area contributed by atoms with Gasteiger partial charge in [0.1, 0.15) is 11.4 Å². The molecule has 2 aromatic rings. The number of nitrogens with zero attached hydrogens (tertiary/aromatic N) is 1. The van der Waals surface area contributed by atoms with Crippen LogP contribution >= 0.6 is 0 Å². The van der Waals surface area contributed by atoms with Gasteiger partial charge >= 0.3 is 5.97 Å². The first-order valence-corrected chi connectivity index (χ1v) is 7.10. The largest absolute Gasteiger partial charge is 0.478 e. The van der Waals surface area contributed by atoms with Crippen molar-refractivity contribution < 1.29 is 14.6 Å². The average Bonchev–Trinajstić information content (AvgIpc) is 2.94. The van der Waals surface area contributed by atoms with Gasteiger partial charge in [-0.15, -0.1) is 0 Å². The zero-order chi connectivity index (χ0) is 14.8. The first kappa shape index (κ1) is 13.8. The lowest BCUT2D eigenvalue weighted by molar-refractivity contribution is 0.0697. The second-order valence-electron chi connectivity index (χ2n) is 5.39. The Kier molecular flexibility index (Phi) is 3.75. The van der Waals surface area contributed by atoms with E-state index in [1.807, 2.05) is 24.3 Å². The highest BCUT2D eigenvalue weighted by molar-refractivity contribution is 5.98. The Balaban J connectivity index is 1.92. The molecular weight excluding hydrogens is 268 g/mol. The lowest BCUT2D eigenvalue weighted by Crippen LogP contribution is -2.20. The van der Waals surface area contributed by atoms with Gasteiger partial charge in [-0.25, -0.2) is 9.78 Å². The molecule has 1 saturated carbocycles. The molecule has 3 rings (SSSR count). The number of carbonyl (C=O) groups is 1. The van der Waals surface area contributed by atoms with Gasteiger partial charge in [0.15, 0.2) is 0 Å². The number of anilines is 1. The Morgan fingerprint density at radius 2 is 2.19 bits per heavy atom. The first-order chi connectivity index (χ1) is 10.2. The maximum absolute atomic E-state index is 11.5. The van der Waals surface area contributed by atoms with Crippen molar-refractivity contribution in [1.29, 1.82) is 0 Å². The van der Waals surface area contributed by atoms with E-state index >= 15 is 0 Å². The minimum atomic E-state index is -0.961. The van der Waals surface area contributed by atoms with Crippen LogP contribution in [-0.2, 0) is 4.74 Å². The highest BCUT2D eigenvalue weighted by Gasteiger charge is 2.26. The molecule has 0 radical (unpaired) electrons. The summed E-state index contributed by atoms with van der Waals surface area (Å²) in [6.07, 6.45) is 3.08. The number of pyridine rings is 1. The molecule has 1 aromatic heterocycles.